The predicted octanol–water partition coefficient (Wildman–Crippen LogP) is 2.13. The van der Waals surface area contributed by atoms with Gasteiger partial charge in [0.15, 0.2) is 6.10 Å². The van der Waals surface area contributed by atoms with E-state index < -0.39 is 28.4 Å². The molecule has 0 saturated heterocycles. The van der Waals surface area contributed by atoms with E-state index in [4.69, 9.17) is 15.4 Å². The van der Waals surface area contributed by atoms with Gasteiger partial charge in [0.1, 0.15) is 0 Å². The zero-order valence-electron chi connectivity index (χ0n) is 12.4. The van der Waals surface area contributed by atoms with Crippen LogP contribution < -0.4 is 5.73 Å². The van der Waals surface area contributed by atoms with E-state index in [-0.39, 0.29) is 10.8 Å². The smallest absolute Gasteiger partial charge is 0.382 e. The van der Waals surface area contributed by atoms with E-state index >= 15 is 0 Å². The molecule has 2 unspecified atom stereocenters. The van der Waals surface area contributed by atoms with Crippen molar-refractivity contribution in [1.82, 2.24) is 0 Å². The number of halogens is 3. The second-order valence-corrected chi connectivity index (χ2v) is 6.52. The van der Waals surface area contributed by atoms with Gasteiger partial charge in [-0.15, -0.1) is 0 Å². The minimum atomic E-state index is -4.61. The van der Waals surface area contributed by atoms with E-state index in [1.807, 2.05) is 6.92 Å². The Morgan fingerprint density at radius 3 is 1.77 bits per heavy atom. The third-order valence-corrected chi connectivity index (χ3v) is 3.66. The van der Waals surface area contributed by atoms with Crippen LogP contribution in [-0.2, 0) is 10.1 Å². The van der Waals surface area contributed by atoms with Gasteiger partial charge in [-0.05, 0) is 25.0 Å². The van der Waals surface area contributed by atoms with E-state index in [0.29, 0.717) is 0 Å². The zero-order chi connectivity index (χ0) is 17.7. The van der Waals surface area contributed by atoms with Crippen LogP contribution in [0.25, 0.3) is 0 Å². The topological polar surface area (TPSA) is 101 Å². The second kappa shape index (κ2) is 7.91. The third-order valence-electron chi connectivity index (χ3n) is 2.79. The summed E-state index contributed by atoms with van der Waals surface area (Å²) in [5.41, 5.74) is 6.03. The summed E-state index contributed by atoms with van der Waals surface area (Å²) in [6, 6.07) is 4.75. The molecule has 0 saturated carbocycles. The fraction of sp³-hybridized carbons (Fsp3) is 0.538. The summed E-state index contributed by atoms with van der Waals surface area (Å²) >= 11 is 0. The molecular formula is C13H20F3NO4S. The van der Waals surface area contributed by atoms with E-state index in [1.54, 1.807) is 12.1 Å². The van der Waals surface area contributed by atoms with Crippen LogP contribution in [0.5, 0.6) is 0 Å². The molecule has 1 aromatic carbocycles. The van der Waals surface area contributed by atoms with Crippen LogP contribution >= 0.6 is 0 Å². The highest BCUT2D eigenvalue weighted by atomic mass is 32.2. The summed E-state index contributed by atoms with van der Waals surface area (Å²) in [6.07, 6.45) is -7.02. The molecule has 0 aliphatic heterocycles. The third kappa shape index (κ3) is 7.21. The molecule has 1 aromatic rings. The molecule has 128 valence electrons. The average molecular weight is 343 g/mol. The van der Waals surface area contributed by atoms with Crippen molar-refractivity contribution in [3.8, 4) is 0 Å². The van der Waals surface area contributed by atoms with Gasteiger partial charge < -0.3 is 10.8 Å². The number of hydrogen-bond acceptors (Lipinski definition) is 4. The molecule has 2 atom stereocenters. The van der Waals surface area contributed by atoms with Gasteiger partial charge in [-0.1, -0.05) is 31.5 Å². The van der Waals surface area contributed by atoms with Crippen molar-refractivity contribution in [3.05, 3.63) is 29.8 Å². The Kier molecular flexibility index (Phi) is 7.49. The van der Waals surface area contributed by atoms with Gasteiger partial charge in [-0.25, -0.2) is 0 Å². The minimum absolute atomic E-state index is 0.0666. The van der Waals surface area contributed by atoms with Crippen molar-refractivity contribution in [1.29, 1.82) is 0 Å². The van der Waals surface area contributed by atoms with E-state index in [0.717, 1.165) is 5.56 Å². The summed E-state index contributed by atoms with van der Waals surface area (Å²) in [7, 11) is -4.02. The largest absolute Gasteiger partial charge is 0.415 e. The molecule has 0 radical (unpaired) electrons. The summed E-state index contributed by atoms with van der Waals surface area (Å²) in [5, 5.41) is 8.57. The Morgan fingerprint density at radius 1 is 1.14 bits per heavy atom. The quantitative estimate of drug-likeness (QED) is 0.730. The number of nitrogens with two attached hydrogens (primary N) is 1. The van der Waals surface area contributed by atoms with Crippen molar-refractivity contribution in [2.75, 3.05) is 0 Å². The van der Waals surface area contributed by atoms with Crippen LogP contribution in [0.15, 0.2) is 29.2 Å². The van der Waals surface area contributed by atoms with Gasteiger partial charge in [-0.2, -0.15) is 21.6 Å². The molecule has 4 N–H and O–H groups in total. The highest BCUT2D eigenvalue weighted by Gasteiger charge is 2.42. The number of hydrogen-bond donors (Lipinski definition) is 3. The van der Waals surface area contributed by atoms with Gasteiger partial charge in [-0.3, -0.25) is 4.55 Å². The Bertz CT molecular complexity index is 556. The van der Waals surface area contributed by atoms with Crippen LogP contribution in [0.3, 0.4) is 0 Å². The van der Waals surface area contributed by atoms with Crippen LogP contribution in [0.4, 0.5) is 13.2 Å². The number of benzene rings is 1. The molecule has 0 fully saturated rings. The molecule has 1 rings (SSSR count). The summed E-state index contributed by atoms with van der Waals surface area (Å²) < 4.78 is 64.7. The average Bonchev–Trinajstić information content (AvgIpc) is 2.36. The minimum Gasteiger partial charge on any atom is -0.382 e. The summed E-state index contributed by atoms with van der Waals surface area (Å²) in [6.45, 7) is 4.90. The first-order valence-electron chi connectivity index (χ1n) is 6.31. The van der Waals surface area contributed by atoms with Gasteiger partial charge in [0.25, 0.3) is 10.1 Å². The van der Waals surface area contributed by atoms with Crippen molar-refractivity contribution in [2.24, 2.45) is 11.7 Å². The molecule has 5 nitrogen and oxygen atoms in total. The monoisotopic (exact) mass is 343 g/mol. The lowest BCUT2D eigenvalue weighted by Crippen LogP contribution is -2.47. The lowest BCUT2D eigenvalue weighted by atomic mass is 9.99. The molecule has 9 heteroatoms. The highest BCUT2D eigenvalue weighted by Crippen LogP contribution is 2.24. The van der Waals surface area contributed by atoms with Crippen molar-refractivity contribution in [3.63, 3.8) is 0 Å². The fourth-order valence-electron chi connectivity index (χ4n) is 1.29. The van der Waals surface area contributed by atoms with Gasteiger partial charge in [0.2, 0.25) is 0 Å². The standard InChI is InChI=1S/C7H8O3S.C6H12F3NO/c1-6-2-4-7(5-3-6)11(8,9)10;1-3(2)4(10)5(11)6(7,8)9/h2-5H,1H3,(H,8,9,10);3-5,11H,10H2,1-2H3. The molecular weight excluding hydrogens is 323 g/mol. The molecule has 0 aromatic heterocycles. The molecule has 0 amide bonds. The highest BCUT2D eigenvalue weighted by molar-refractivity contribution is 7.85. The molecule has 0 aliphatic rings. The Balaban J connectivity index is 0.000000401. The number of aliphatic hydroxyl groups is 1. The predicted molar refractivity (Wildman–Crippen MR) is 75.9 cm³/mol. The maximum Gasteiger partial charge on any atom is 0.415 e. The first-order valence-corrected chi connectivity index (χ1v) is 7.75. The van der Waals surface area contributed by atoms with E-state index in [1.165, 1.54) is 26.0 Å². The van der Waals surface area contributed by atoms with E-state index in [9.17, 15) is 21.6 Å². The number of alkyl halides is 3. The Hall–Kier alpha value is -1.16. The molecule has 0 heterocycles. The normalized spacial score (nSPS) is 15.0. The molecule has 0 bridgehead atoms. The maximum absolute atomic E-state index is 11.7. The van der Waals surface area contributed by atoms with Crippen LogP contribution in [-0.4, -0.2) is 36.4 Å². The first-order chi connectivity index (χ1) is 9.76. The van der Waals surface area contributed by atoms with E-state index in [2.05, 4.69) is 0 Å². The van der Waals surface area contributed by atoms with Gasteiger partial charge in [0, 0.05) is 6.04 Å². The SMILES string of the molecule is CC(C)C(N)C(O)C(F)(F)F.Cc1ccc(S(=O)(=O)O)cc1. The zero-order valence-corrected chi connectivity index (χ0v) is 13.2. The van der Waals surface area contributed by atoms with Crippen molar-refractivity contribution < 1.29 is 31.2 Å². The first kappa shape index (κ1) is 20.8. The summed E-state index contributed by atoms with van der Waals surface area (Å²) in [4.78, 5) is -0.0666. The Morgan fingerprint density at radius 2 is 1.55 bits per heavy atom. The number of rotatable bonds is 3. The van der Waals surface area contributed by atoms with Crippen LogP contribution in [0.2, 0.25) is 0 Å². The molecule has 0 aliphatic carbocycles. The van der Waals surface area contributed by atoms with Gasteiger partial charge in [0.05, 0.1) is 4.90 Å². The fourth-order valence-corrected chi connectivity index (χ4v) is 1.77. The second-order valence-electron chi connectivity index (χ2n) is 5.10. The van der Waals surface area contributed by atoms with Crippen LogP contribution in [0.1, 0.15) is 19.4 Å². The van der Waals surface area contributed by atoms with Crippen molar-refractivity contribution >= 4 is 10.1 Å². The lowest BCUT2D eigenvalue weighted by Gasteiger charge is -2.23. The summed E-state index contributed by atoms with van der Waals surface area (Å²) in [5.74, 6) is -0.383. The van der Waals surface area contributed by atoms with Crippen LogP contribution in [0, 0.1) is 12.8 Å². The Labute approximate surface area is 127 Å². The number of aliphatic hydroxyl groups excluding tert-OH is 1. The molecule has 0 spiro atoms. The lowest BCUT2D eigenvalue weighted by molar-refractivity contribution is -0.212. The molecule has 22 heavy (non-hydrogen) atoms. The van der Waals surface area contributed by atoms with Gasteiger partial charge >= 0.3 is 6.18 Å². The van der Waals surface area contributed by atoms with Crippen molar-refractivity contribution in [2.45, 2.75) is 44.0 Å². The maximum atomic E-state index is 11.7. The number of aryl methyl sites for hydroxylation is 1.